The zero-order valence-corrected chi connectivity index (χ0v) is 11.6. The molecule has 0 spiro atoms. The average molecular weight is 270 g/mol. The molecule has 5 nitrogen and oxygen atoms in total. The molecular formula is C12H18N2O3S. The van der Waals surface area contributed by atoms with E-state index in [1.807, 2.05) is 0 Å². The minimum atomic E-state index is -3.56. The summed E-state index contributed by atoms with van der Waals surface area (Å²) in [4.78, 5) is 0.232. The number of nitrogens with two attached hydrogens (primary N) is 1. The summed E-state index contributed by atoms with van der Waals surface area (Å²) in [6, 6.07) is 3.37. The Morgan fingerprint density at radius 2 is 1.89 bits per heavy atom. The number of nitrogen functional groups attached to an aromatic ring is 1. The van der Waals surface area contributed by atoms with E-state index in [1.54, 1.807) is 32.9 Å². The van der Waals surface area contributed by atoms with Crippen LogP contribution in [-0.4, -0.2) is 36.5 Å². The Labute approximate surface area is 107 Å². The van der Waals surface area contributed by atoms with Crippen molar-refractivity contribution < 1.29 is 13.5 Å². The molecule has 18 heavy (non-hydrogen) atoms. The van der Waals surface area contributed by atoms with Gasteiger partial charge in [-0.25, -0.2) is 8.42 Å². The zero-order valence-electron chi connectivity index (χ0n) is 10.8. The van der Waals surface area contributed by atoms with E-state index < -0.39 is 15.6 Å². The number of anilines is 1. The van der Waals surface area contributed by atoms with Crippen molar-refractivity contribution in [1.29, 1.82) is 0 Å². The zero-order chi connectivity index (χ0) is 13.7. The monoisotopic (exact) mass is 270 g/mol. The lowest BCUT2D eigenvalue weighted by Gasteiger charge is -2.43. The molecule has 3 N–H and O–H groups in total. The topological polar surface area (TPSA) is 83.6 Å². The summed E-state index contributed by atoms with van der Waals surface area (Å²) in [5, 5.41) is 9.64. The van der Waals surface area contributed by atoms with Crippen molar-refractivity contribution in [2.24, 2.45) is 0 Å². The molecule has 0 unspecified atom stereocenters. The summed E-state index contributed by atoms with van der Waals surface area (Å²) in [6.45, 7) is 5.38. The van der Waals surface area contributed by atoms with Gasteiger partial charge in [-0.2, -0.15) is 4.31 Å². The van der Waals surface area contributed by atoms with E-state index in [-0.39, 0.29) is 18.0 Å². The van der Waals surface area contributed by atoms with Crippen LogP contribution in [0, 0.1) is 13.8 Å². The molecule has 1 saturated heterocycles. The highest BCUT2D eigenvalue weighted by Gasteiger charge is 2.44. The van der Waals surface area contributed by atoms with Crippen molar-refractivity contribution in [2.45, 2.75) is 31.3 Å². The molecule has 0 bridgehead atoms. The Morgan fingerprint density at radius 3 is 2.39 bits per heavy atom. The highest BCUT2D eigenvalue weighted by molar-refractivity contribution is 7.89. The molecule has 0 amide bonds. The minimum absolute atomic E-state index is 0.128. The van der Waals surface area contributed by atoms with Gasteiger partial charge in [0, 0.05) is 18.8 Å². The second-order valence-corrected chi connectivity index (χ2v) is 7.15. The molecule has 1 aliphatic rings. The number of aryl methyl sites for hydroxylation is 1. The van der Waals surface area contributed by atoms with Crippen molar-refractivity contribution in [3.05, 3.63) is 23.3 Å². The smallest absolute Gasteiger partial charge is 0.243 e. The highest BCUT2D eigenvalue weighted by Crippen LogP contribution is 2.31. The van der Waals surface area contributed by atoms with Gasteiger partial charge in [0.1, 0.15) is 0 Å². The van der Waals surface area contributed by atoms with Crippen molar-refractivity contribution in [2.75, 3.05) is 18.8 Å². The van der Waals surface area contributed by atoms with Crippen LogP contribution in [0.4, 0.5) is 5.69 Å². The third-order valence-electron chi connectivity index (χ3n) is 3.20. The first-order valence-electron chi connectivity index (χ1n) is 5.73. The Morgan fingerprint density at radius 1 is 1.33 bits per heavy atom. The standard InChI is InChI=1S/C12H18N2O3S/c1-8-4-10(13)9(2)11(5-8)18(16,17)14-6-12(3,15)7-14/h4-5,15H,6-7,13H2,1-3H3. The number of aliphatic hydroxyl groups is 1. The minimum Gasteiger partial charge on any atom is -0.398 e. The molecule has 6 heteroatoms. The maximum Gasteiger partial charge on any atom is 0.243 e. The lowest BCUT2D eigenvalue weighted by Crippen LogP contribution is -2.61. The first-order chi connectivity index (χ1) is 8.13. The van der Waals surface area contributed by atoms with Crippen LogP contribution < -0.4 is 5.73 Å². The van der Waals surface area contributed by atoms with Crippen LogP contribution in [0.5, 0.6) is 0 Å². The normalized spacial score (nSPS) is 19.6. The van der Waals surface area contributed by atoms with E-state index in [2.05, 4.69) is 0 Å². The van der Waals surface area contributed by atoms with E-state index in [4.69, 9.17) is 5.73 Å². The quantitative estimate of drug-likeness (QED) is 0.773. The molecule has 1 aromatic carbocycles. The number of β-amino-alcohol motifs (C(OH)–C–C–N with tert-alkyl or cyclic N) is 1. The third kappa shape index (κ3) is 2.11. The fourth-order valence-corrected chi connectivity index (χ4v) is 4.16. The molecule has 0 radical (unpaired) electrons. The van der Waals surface area contributed by atoms with Crippen molar-refractivity contribution in [1.82, 2.24) is 4.31 Å². The van der Waals surface area contributed by atoms with Crippen LogP contribution in [0.3, 0.4) is 0 Å². The largest absolute Gasteiger partial charge is 0.398 e. The molecule has 1 aromatic rings. The lowest BCUT2D eigenvalue weighted by molar-refractivity contribution is -0.0426. The summed E-state index contributed by atoms with van der Waals surface area (Å²) in [6.07, 6.45) is 0. The summed E-state index contributed by atoms with van der Waals surface area (Å²) in [7, 11) is -3.56. The van der Waals surface area contributed by atoms with E-state index in [0.29, 0.717) is 11.3 Å². The third-order valence-corrected chi connectivity index (χ3v) is 5.11. The Bertz CT molecular complexity index is 586. The maximum atomic E-state index is 12.4. The first-order valence-corrected chi connectivity index (χ1v) is 7.17. The van der Waals surface area contributed by atoms with Gasteiger partial charge in [-0.1, -0.05) is 0 Å². The van der Waals surface area contributed by atoms with Crippen LogP contribution in [-0.2, 0) is 10.0 Å². The van der Waals surface area contributed by atoms with Gasteiger partial charge in [-0.3, -0.25) is 0 Å². The lowest BCUT2D eigenvalue weighted by atomic mass is 10.0. The number of rotatable bonds is 2. The highest BCUT2D eigenvalue weighted by atomic mass is 32.2. The van der Waals surface area contributed by atoms with E-state index in [1.165, 1.54) is 4.31 Å². The Hall–Kier alpha value is -1.11. The Balaban J connectivity index is 2.43. The number of nitrogens with zero attached hydrogens (tertiary/aromatic N) is 1. The Kier molecular flexibility index (Phi) is 2.92. The van der Waals surface area contributed by atoms with Gasteiger partial charge in [0.05, 0.1) is 10.5 Å². The molecule has 100 valence electrons. The van der Waals surface area contributed by atoms with Crippen LogP contribution in [0.15, 0.2) is 17.0 Å². The van der Waals surface area contributed by atoms with Crippen LogP contribution >= 0.6 is 0 Å². The van der Waals surface area contributed by atoms with Crippen LogP contribution in [0.1, 0.15) is 18.1 Å². The molecule has 1 aliphatic heterocycles. The molecule has 1 fully saturated rings. The van der Waals surface area contributed by atoms with Gasteiger partial charge in [0.15, 0.2) is 0 Å². The summed E-state index contributed by atoms with van der Waals surface area (Å²) < 4.78 is 26.0. The predicted molar refractivity (Wildman–Crippen MR) is 69.7 cm³/mol. The molecule has 1 heterocycles. The molecule has 0 atom stereocenters. The van der Waals surface area contributed by atoms with E-state index in [0.717, 1.165) is 5.56 Å². The van der Waals surface area contributed by atoms with Gasteiger partial charge < -0.3 is 10.8 Å². The van der Waals surface area contributed by atoms with Gasteiger partial charge in [-0.15, -0.1) is 0 Å². The van der Waals surface area contributed by atoms with Gasteiger partial charge in [0.2, 0.25) is 10.0 Å². The second kappa shape index (κ2) is 3.94. The van der Waals surface area contributed by atoms with Gasteiger partial charge in [0.25, 0.3) is 0 Å². The number of hydrogen-bond acceptors (Lipinski definition) is 4. The van der Waals surface area contributed by atoms with E-state index in [9.17, 15) is 13.5 Å². The summed E-state index contributed by atoms with van der Waals surface area (Å²) in [5.41, 5.74) is 6.72. The molecule has 0 aromatic heterocycles. The first kappa shape index (κ1) is 13.3. The second-order valence-electron chi connectivity index (χ2n) is 5.25. The van der Waals surface area contributed by atoms with E-state index >= 15 is 0 Å². The van der Waals surface area contributed by atoms with Crippen molar-refractivity contribution in [3.63, 3.8) is 0 Å². The van der Waals surface area contributed by atoms with Crippen molar-refractivity contribution in [3.8, 4) is 0 Å². The van der Waals surface area contributed by atoms with Gasteiger partial charge >= 0.3 is 0 Å². The molecule has 0 saturated carbocycles. The molecule has 0 aliphatic carbocycles. The summed E-state index contributed by atoms with van der Waals surface area (Å²) >= 11 is 0. The van der Waals surface area contributed by atoms with Crippen molar-refractivity contribution >= 4 is 15.7 Å². The van der Waals surface area contributed by atoms with Gasteiger partial charge in [-0.05, 0) is 44.0 Å². The van der Waals surface area contributed by atoms with Crippen LogP contribution in [0.2, 0.25) is 0 Å². The molecular weight excluding hydrogens is 252 g/mol. The molecule has 2 rings (SSSR count). The number of hydrogen-bond donors (Lipinski definition) is 2. The van der Waals surface area contributed by atoms with Crippen LogP contribution in [0.25, 0.3) is 0 Å². The summed E-state index contributed by atoms with van der Waals surface area (Å²) in [5.74, 6) is 0. The number of benzene rings is 1. The fourth-order valence-electron chi connectivity index (χ4n) is 2.14. The fraction of sp³-hybridized carbons (Fsp3) is 0.500. The average Bonchev–Trinajstić information content (AvgIpc) is 2.19. The predicted octanol–water partition coefficient (Wildman–Crippen LogP) is 0.641. The number of sulfonamides is 1. The maximum absolute atomic E-state index is 12.4. The SMILES string of the molecule is Cc1cc(N)c(C)c(S(=O)(=O)N2CC(C)(O)C2)c1.